The number of carbonyl (C=O) groups excluding carboxylic acids is 1. The van der Waals surface area contributed by atoms with Gasteiger partial charge in [0.15, 0.2) is 5.78 Å². The molecule has 5 rings (SSSR count). The van der Waals surface area contributed by atoms with Crippen LogP contribution < -0.4 is 0 Å². The van der Waals surface area contributed by atoms with E-state index in [-0.39, 0.29) is 12.0 Å². The second-order valence-electron chi connectivity index (χ2n) is 8.77. The molecule has 1 aliphatic heterocycles. The van der Waals surface area contributed by atoms with E-state index in [0.29, 0.717) is 13.0 Å². The second-order valence-corrected chi connectivity index (χ2v) is 8.77. The third-order valence-corrected chi connectivity index (χ3v) is 6.58. The fraction of sp³-hybridized carbons (Fsp3) is 0.458. The van der Waals surface area contributed by atoms with E-state index in [1.165, 1.54) is 0 Å². The largest absolute Gasteiger partial charge is 0.497 e. The summed E-state index contributed by atoms with van der Waals surface area (Å²) in [6, 6.07) is 7.78. The minimum Gasteiger partial charge on any atom is -0.497 e. The van der Waals surface area contributed by atoms with Crippen LogP contribution in [0.5, 0.6) is 0 Å². The van der Waals surface area contributed by atoms with Crippen LogP contribution in [0.2, 0.25) is 0 Å². The van der Waals surface area contributed by atoms with Crippen molar-refractivity contribution < 1.29 is 19.1 Å². The standard InChI is InChI=1S/C24H27NO4/c1-24(2)18-14-15(28-13-12-25-11-5-8-20(25)26)9-10-16(18)22(27)21-17-6-3-4-7-19(17)29-23(21)24/h3-4,6-7,14,20,26H,5,8-13H2,1-2H3. The van der Waals surface area contributed by atoms with Crippen molar-refractivity contribution in [1.29, 1.82) is 0 Å². The summed E-state index contributed by atoms with van der Waals surface area (Å²) in [6.07, 6.45) is 5.01. The Balaban J connectivity index is 1.42. The zero-order valence-corrected chi connectivity index (χ0v) is 17.0. The smallest absolute Gasteiger partial charge is 0.193 e. The number of fused-ring (bicyclic) bond motifs is 3. The molecule has 0 radical (unpaired) electrons. The summed E-state index contributed by atoms with van der Waals surface area (Å²) in [5.74, 6) is 1.76. The first-order chi connectivity index (χ1) is 14.0. The highest BCUT2D eigenvalue weighted by molar-refractivity contribution is 6.19. The molecule has 1 N–H and O–H groups in total. The van der Waals surface area contributed by atoms with Crippen molar-refractivity contribution >= 4 is 16.8 Å². The van der Waals surface area contributed by atoms with Crippen LogP contribution >= 0.6 is 0 Å². The van der Waals surface area contributed by atoms with Crippen LogP contribution in [-0.4, -0.2) is 41.7 Å². The Morgan fingerprint density at radius 2 is 2.10 bits per heavy atom. The van der Waals surface area contributed by atoms with E-state index in [4.69, 9.17) is 9.15 Å². The first-order valence-corrected chi connectivity index (χ1v) is 10.5. The molecule has 0 amide bonds. The maximum atomic E-state index is 13.3. The van der Waals surface area contributed by atoms with Gasteiger partial charge in [-0.05, 0) is 50.8 Å². The number of likely N-dealkylation sites (tertiary alicyclic amines) is 1. The highest BCUT2D eigenvalue weighted by Crippen LogP contribution is 2.48. The Bertz CT molecular complexity index is 1040. The molecular formula is C24H27NO4. The Morgan fingerprint density at radius 3 is 2.90 bits per heavy atom. The van der Waals surface area contributed by atoms with Gasteiger partial charge in [-0.2, -0.15) is 0 Å². The molecular weight excluding hydrogens is 366 g/mol. The van der Waals surface area contributed by atoms with Crippen LogP contribution in [0.1, 0.15) is 55.6 Å². The lowest BCUT2D eigenvalue weighted by Gasteiger charge is -2.34. The van der Waals surface area contributed by atoms with Crippen LogP contribution in [0.3, 0.4) is 0 Å². The Morgan fingerprint density at radius 1 is 1.28 bits per heavy atom. The lowest BCUT2D eigenvalue weighted by molar-refractivity contribution is 0.0227. The number of furan rings is 1. The van der Waals surface area contributed by atoms with Crippen LogP contribution in [-0.2, 0) is 10.2 Å². The monoisotopic (exact) mass is 393 g/mol. The third-order valence-electron chi connectivity index (χ3n) is 6.58. The number of ketones is 1. The number of carbonyl (C=O) groups is 1. The summed E-state index contributed by atoms with van der Waals surface area (Å²) < 4.78 is 12.2. The van der Waals surface area contributed by atoms with Gasteiger partial charge in [0.2, 0.25) is 0 Å². The van der Waals surface area contributed by atoms with Crippen LogP contribution in [0, 0.1) is 0 Å². The van der Waals surface area contributed by atoms with Gasteiger partial charge in [0.05, 0.1) is 11.3 Å². The summed E-state index contributed by atoms with van der Waals surface area (Å²) in [5.41, 5.74) is 3.00. The fourth-order valence-corrected chi connectivity index (χ4v) is 4.96. The quantitative estimate of drug-likeness (QED) is 0.839. The lowest BCUT2D eigenvalue weighted by Crippen LogP contribution is -2.33. The first kappa shape index (κ1) is 18.6. The first-order valence-electron chi connectivity index (χ1n) is 10.5. The average Bonchev–Trinajstić information content (AvgIpc) is 3.31. The van der Waals surface area contributed by atoms with E-state index in [1.807, 2.05) is 30.3 Å². The Kier molecular flexibility index (Phi) is 4.41. The molecule has 5 heteroatoms. The van der Waals surface area contributed by atoms with Gasteiger partial charge in [-0.25, -0.2) is 0 Å². The number of hydrogen-bond donors (Lipinski definition) is 1. The second kappa shape index (κ2) is 6.85. The van der Waals surface area contributed by atoms with Crippen molar-refractivity contribution in [2.24, 2.45) is 0 Å². The molecule has 152 valence electrons. The number of nitrogens with zero attached hydrogens (tertiary/aromatic N) is 1. The number of allylic oxidation sites excluding steroid dienone is 4. The molecule has 0 saturated carbocycles. The molecule has 1 aromatic carbocycles. The number of aliphatic hydroxyl groups excluding tert-OH is 1. The molecule has 1 fully saturated rings. The van der Waals surface area contributed by atoms with Gasteiger partial charge in [0.25, 0.3) is 0 Å². The van der Waals surface area contributed by atoms with Crippen molar-refractivity contribution in [2.75, 3.05) is 19.7 Å². The third kappa shape index (κ3) is 2.95. The number of para-hydroxylation sites is 1. The van der Waals surface area contributed by atoms with E-state index >= 15 is 0 Å². The van der Waals surface area contributed by atoms with Gasteiger partial charge < -0.3 is 14.3 Å². The zero-order valence-electron chi connectivity index (χ0n) is 17.0. The van der Waals surface area contributed by atoms with Crippen LogP contribution in [0.25, 0.3) is 11.0 Å². The molecule has 3 aliphatic rings. The van der Waals surface area contributed by atoms with Gasteiger partial charge in [-0.1, -0.05) is 18.2 Å². The molecule has 5 nitrogen and oxygen atoms in total. The van der Waals surface area contributed by atoms with Gasteiger partial charge in [0, 0.05) is 35.9 Å². The predicted octanol–water partition coefficient (Wildman–Crippen LogP) is 4.31. The minimum atomic E-state index is -0.391. The van der Waals surface area contributed by atoms with Crippen molar-refractivity contribution in [3.63, 3.8) is 0 Å². The number of ether oxygens (including phenoxy) is 1. The summed E-state index contributed by atoms with van der Waals surface area (Å²) in [5, 5.41) is 10.8. The Hall–Kier alpha value is -2.37. The molecule has 1 saturated heterocycles. The summed E-state index contributed by atoms with van der Waals surface area (Å²) in [7, 11) is 0. The van der Waals surface area contributed by atoms with Gasteiger partial charge in [0.1, 0.15) is 24.2 Å². The number of aliphatic hydroxyl groups is 1. The predicted molar refractivity (Wildman–Crippen MR) is 111 cm³/mol. The van der Waals surface area contributed by atoms with Gasteiger partial charge in [-0.15, -0.1) is 0 Å². The van der Waals surface area contributed by atoms with Crippen LogP contribution in [0.4, 0.5) is 0 Å². The van der Waals surface area contributed by atoms with Crippen molar-refractivity contribution in [3.05, 3.63) is 58.6 Å². The maximum Gasteiger partial charge on any atom is 0.193 e. The number of rotatable bonds is 4. The maximum absolute atomic E-state index is 13.3. The molecule has 2 heterocycles. The molecule has 0 bridgehead atoms. The number of benzene rings is 1. The lowest BCUT2D eigenvalue weighted by atomic mass is 9.69. The minimum absolute atomic E-state index is 0.0924. The number of hydrogen-bond acceptors (Lipinski definition) is 5. The van der Waals surface area contributed by atoms with Gasteiger partial charge >= 0.3 is 0 Å². The number of Topliss-reactive ketones (excluding diaryl/α,β-unsaturated/α-hetero) is 1. The highest BCUT2D eigenvalue weighted by Gasteiger charge is 2.43. The van der Waals surface area contributed by atoms with E-state index in [9.17, 15) is 9.90 Å². The summed E-state index contributed by atoms with van der Waals surface area (Å²) >= 11 is 0. The average molecular weight is 393 g/mol. The normalized spacial score (nSPS) is 23.9. The molecule has 2 aliphatic carbocycles. The van der Waals surface area contributed by atoms with Gasteiger partial charge in [-0.3, -0.25) is 9.69 Å². The Labute approximate surface area is 170 Å². The molecule has 1 unspecified atom stereocenters. The molecule has 2 aromatic rings. The van der Waals surface area contributed by atoms with E-state index < -0.39 is 5.41 Å². The highest BCUT2D eigenvalue weighted by atomic mass is 16.5. The van der Waals surface area contributed by atoms with Crippen molar-refractivity contribution in [2.45, 2.75) is 51.2 Å². The van der Waals surface area contributed by atoms with E-state index in [1.54, 1.807) is 0 Å². The molecule has 1 aromatic heterocycles. The topological polar surface area (TPSA) is 62.9 Å². The van der Waals surface area contributed by atoms with E-state index in [0.717, 1.165) is 71.6 Å². The van der Waals surface area contributed by atoms with E-state index in [2.05, 4.69) is 18.7 Å². The summed E-state index contributed by atoms with van der Waals surface area (Å²) in [6.45, 7) is 6.44. The van der Waals surface area contributed by atoms with Crippen molar-refractivity contribution in [1.82, 2.24) is 4.90 Å². The van der Waals surface area contributed by atoms with Crippen LogP contribution in [0.15, 0.2) is 51.7 Å². The SMILES string of the molecule is CC1(C)C2=C(CCC(OCCN3CCCC3O)=C2)C(=O)c2c1oc1ccccc21. The molecule has 1 atom stereocenters. The summed E-state index contributed by atoms with van der Waals surface area (Å²) in [4.78, 5) is 15.4. The molecule has 0 spiro atoms. The molecule has 29 heavy (non-hydrogen) atoms. The van der Waals surface area contributed by atoms with Crippen molar-refractivity contribution in [3.8, 4) is 0 Å². The zero-order chi connectivity index (χ0) is 20.2. The fourth-order valence-electron chi connectivity index (χ4n) is 4.96.